The van der Waals surface area contributed by atoms with Gasteiger partial charge in [0.2, 0.25) is 15.9 Å². The van der Waals surface area contributed by atoms with Gasteiger partial charge < -0.3 is 5.32 Å². The van der Waals surface area contributed by atoms with Crippen molar-refractivity contribution < 1.29 is 13.2 Å². The average molecular weight is 433 g/mol. The highest BCUT2D eigenvalue weighted by atomic mass is 32.2. The molecule has 30 heavy (non-hydrogen) atoms. The Labute approximate surface area is 179 Å². The van der Waals surface area contributed by atoms with Crippen LogP contribution in [0.1, 0.15) is 50.3 Å². The highest BCUT2D eigenvalue weighted by Gasteiger charge is 2.24. The molecule has 0 bridgehead atoms. The minimum atomic E-state index is -3.60. The Morgan fingerprint density at radius 1 is 1.17 bits per heavy atom. The molecule has 0 atom stereocenters. The molecule has 0 radical (unpaired) electrons. The van der Waals surface area contributed by atoms with Gasteiger partial charge in [-0.1, -0.05) is 25.1 Å². The second-order valence-corrected chi connectivity index (χ2v) is 10.1. The van der Waals surface area contributed by atoms with Gasteiger partial charge in [-0.2, -0.15) is 5.10 Å². The number of para-hydroxylation sites is 1. The lowest BCUT2D eigenvalue weighted by molar-refractivity contribution is -0.118. The Morgan fingerprint density at radius 2 is 1.87 bits per heavy atom. The monoisotopic (exact) mass is 432 g/mol. The van der Waals surface area contributed by atoms with Gasteiger partial charge in [0, 0.05) is 18.8 Å². The zero-order chi connectivity index (χ0) is 21.6. The fourth-order valence-electron chi connectivity index (χ4n) is 3.86. The number of nitrogens with zero attached hydrogens (tertiary/aromatic N) is 2. The molecule has 1 aromatic heterocycles. The van der Waals surface area contributed by atoms with Gasteiger partial charge in [-0.3, -0.25) is 4.79 Å². The molecule has 7 nitrogen and oxygen atoms in total. The van der Waals surface area contributed by atoms with Crippen molar-refractivity contribution in [1.82, 2.24) is 19.8 Å². The fourth-order valence-corrected chi connectivity index (χ4v) is 5.13. The van der Waals surface area contributed by atoms with Crippen LogP contribution in [0, 0.1) is 12.8 Å². The van der Waals surface area contributed by atoms with Crippen molar-refractivity contribution in [3.63, 3.8) is 0 Å². The molecule has 164 valence electrons. The first-order valence-electron chi connectivity index (χ1n) is 10.7. The number of sulfonamides is 1. The summed E-state index contributed by atoms with van der Waals surface area (Å²) < 4.78 is 29.0. The highest BCUT2D eigenvalue weighted by Crippen LogP contribution is 2.23. The molecule has 1 heterocycles. The van der Waals surface area contributed by atoms with Crippen LogP contribution in [0.5, 0.6) is 0 Å². The number of amides is 1. The van der Waals surface area contributed by atoms with Gasteiger partial charge in [0.05, 0.1) is 11.4 Å². The molecule has 1 aliphatic carbocycles. The van der Waals surface area contributed by atoms with Crippen LogP contribution in [0.15, 0.2) is 36.5 Å². The Hall–Kier alpha value is -2.19. The lowest BCUT2D eigenvalue weighted by atomic mass is 9.88. The molecule has 1 aliphatic rings. The number of hydrogen-bond acceptors (Lipinski definition) is 4. The molecule has 1 amide bonds. The van der Waals surface area contributed by atoms with Crippen LogP contribution in [0.3, 0.4) is 0 Å². The van der Waals surface area contributed by atoms with Crippen LogP contribution in [0.25, 0.3) is 5.69 Å². The number of rotatable bonds is 9. The summed E-state index contributed by atoms with van der Waals surface area (Å²) in [7, 11) is -3.60. The first kappa shape index (κ1) is 22.5. The van der Waals surface area contributed by atoms with Gasteiger partial charge in [0.1, 0.15) is 5.75 Å². The summed E-state index contributed by atoms with van der Waals surface area (Å²) in [5, 5.41) is 7.27. The lowest BCUT2D eigenvalue weighted by Crippen LogP contribution is -2.42. The summed E-state index contributed by atoms with van der Waals surface area (Å²) in [6.45, 7) is 4.59. The van der Waals surface area contributed by atoms with Crippen LogP contribution in [-0.4, -0.2) is 42.4 Å². The molecule has 1 saturated carbocycles. The van der Waals surface area contributed by atoms with E-state index in [1.54, 1.807) is 0 Å². The number of aryl methyl sites for hydroxylation is 2. The summed E-state index contributed by atoms with van der Waals surface area (Å²) in [6.07, 6.45) is 7.24. The van der Waals surface area contributed by atoms with Crippen LogP contribution in [0.2, 0.25) is 0 Å². The molecule has 0 unspecified atom stereocenters. The quantitative estimate of drug-likeness (QED) is 0.596. The maximum atomic E-state index is 12.2. The average Bonchev–Trinajstić information content (AvgIpc) is 3.08. The normalized spacial score (nSPS) is 19.5. The highest BCUT2D eigenvalue weighted by molar-refractivity contribution is 7.90. The first-order valence-corrected chi connectivity index (χ1v) is 12.3. The van der Waals surface area contributed by atoms with Crippen molar-refractivity contribution in [2.24, 2.45) is 5.92 Å². The third kappa shape index (κ3) is 6.67. The molecule has 3 rings (SSSR count). The first-order chi connectivity index (χ1) is 14.3. The van der Waals surface area contributed by atoms with Crippen molar-refractivity contribution in [2.45, 2.75) is 58.4 Å². The van der Waals surface area contributed by atoms with Crippen LogP contribution >= 0.6 is 0 Å². The van der Waals surface area contributed by atoms with E-state index in [0.717, 1.165) is 55.5 Å². The van der Waals surface area contributed by atoms with Crippen LogP contribution < -0.4 is 10.0 Å². The lowest BCUT2D eigenvalue weighted by Gasteiger charge is -2.26. The molecular weight excluding hydrogens is 400 g/mol. The zero-order valence-electron chi connectivity index (χ0n) is 17.8. The van der Waals surface area contributed by atoms with Crippen LogP contribution in [-0.2, 0) is 21.2 Å². The van der Waals surface area contributed by atoms with E-state index in [4.69, 9.17) is 0 Å². The smallest absolute Gasteiger partial charge is 0.236 e. The third-order valence-electron chi connectivity index (χ3n) is 5.65. The van der Waals surface area contributed by atoms with Gasteiger partial charge in [-0.25, -0.2) is 17.8 Å². The Kier molecular flexibility index (Phi) is 7.66. The summed E-state index contributed by atoms with van der Waals surface area (Å²) >= 11 is 0. The largest absolute Gasteiger partial charge is 0.355 e. The predicted octanol–water partition coefficient (Wildman–Crippen LogP) is 2.73. The second kappa shape index (κ2) is 10.2. The Morgan fingerprint density at radius 3 is 2.57 bits per heavy atom. The number of carbonyl (C=O) groups excluding carboxylic acids is 1. The number of aromatic nitrogens is 2. The maximum absolute atomic E-state index is 12.2. The predicted molar refractivity (Wildman–Crippen MR) is 118 cm³/mol. The van der Waals surface area contributed by atoms with E-state index in [0.29, 0.717) is 12.5 Å². The van der Waals surface area contributed by atoms with Gasteiger partial charge in [-0.15, -0.1) is 0 Å². The van der Waals surface area contributed by atoms with Gasteiger partial charge in [0.25, 0.3) is 0 Å². The Bertz CT molecular complexity index is 933. The van der Waals surface area contributed by atoms with Gasteiger partial charge >= 0.3 is 0 Å². The van der Waals surface area contributed by atoms with E-state index in [1.807, 2.05) is 48.1 Å². The molecule has 2 aromatic rings. The fraction of sp³-hybridized carbons (Fsp3) is 0.545. The number of nitrogens with one attached hydrogen (secondary N) is 2. The molecule has 0 spiro atoms. The van der Waals surface area contributed by atoms with E-state index in [9.17, 15) is 13.2 Å². The maximum Gasteiger partial charge on any atom is 0.236 e. The van der Waals surface area contributed by atoms with Crippen molar-refractivity contribution in [1.29, 1.82) is 0 Å². The summed E-state index contributed by atoms with van der Waals surface area (Å²) in [5.41, 5.74) is 3.08. The van der Waals surface area contributed by atoms with Crippen molar-refractivity contribution in [2.75, 3.05) is 12.3 Å². The molecular formula is C22H32N4O3S. The van der Waals surface area contributed by atoms with E-state index >= 15 is 0 Å². The molecule has 0 saturated heterocycles. The van der Waals surface area contributed by atoms with Gasteiger partial charge in [0.15, 0.2) is 0 Å². The van der Waals surface area contributed by atoms with Crippen molar-refractivity contribution >= 4 is 15.9 Å². The van der Waals surface area contributed by atoms with Crippen molar-refractivity contribution in [3.8, 4) is 5.69 Å². The van der Waals surface area contributed by atoms with Crippen LogP contribution in [0.4, 0.5) is 0 Å². The van der Waals surface area contributed by atoms with Crippen molar-refractivity contribution in [3.05, 3.63) is 47.8 Å². The second-order valence-electron chi connectivity index (χ2n) is 8.31. The molecule has 1 fully saturated rings. The summed E-state index contributed by atoms with van der Waals surface area (Å²) in [4.78, 5) is 12.1. The minimum absolute atomic E-state index is 0.0388. The number of hydrogen-bond donors (Lipinski definition) is 2. The zero-order valence-corrected chi connectivity index (χ0v) is 18.6. The summed E-state index contributed by atoms with van der Waals surface area (Å²) in [5.74, 6) is -0.315. The SMILES string of the molecule is Cc1nn(-c2ccccc2)cc1CCCNC(=O)CS(=O)(=O)NC1CCC(C)CC1. The Balaban J connectivity index is 1.40. The van der Waals surface area contributed by atoms with E-state index < -0.39 is 21.7 Å². The number of carbonyl (C=O) groups is 1. The topological polar surface area (TPSA) is 93.1 Å². The molecule has 8 heteroatoms. The van der Waals surface area contributed by atoms with E-state index in [-0.39, 0.29) is 6.04 Å². The van der Waals surface area contributed by atoms with E-state index in [1.165, 1.54) is 0 Å². The number of benzene rings is 1. The standard InChI is InChI=1S/C22H32N4O3S/c1-17-10-12-20(13-11-17)25-30(28,29)16-22(27)23-14-6-7-19-15-26(24-18(19)2)21-8-4-3-5-9-21/h3-5,8-9,15,17,20,25H,6-7,10-14,16H2,1-2H3,(H,23,27). The van der Waals surface area contributed by atoms with E-state index in [2.05, 4.69) is 22.1 Å². The third-order valence-corrected chi connectivity index (χ3v) is 6.98. The summed E-state index contributed by atoms with van der Waals surface area (Å²) in [6, 6.07) is 9.87. The molecule has 2 N–H and O–H groups in total. The molecule has 0 aliphatic heterocycles. The minimum Gasteiger partial charge on any atom is -0.355 e. The van der Waals surface area contributed by atoms with Gasteiger partial charge in [-0.05, 0) is 69.1 Å². The molecule has 1 aromatic carbocycles.